The third kappa shape index (κ3) is 3.83. The highest BCUT2D eigenvalue weighted by Crippen LogP contribution is 2.09. The Bertz CT molecular complexity index is 221. The molecule has 1 fully saturated rings. The molecule has 0 aliphatic carbocycles. The van der Waals surface area contributed by atoms with E-state index in [1.807, 2.05) is 0 Å². The fourth-order valence-electron chi connectivity index (χ4n) is 1.96. The van der Waals surface area contributed by atoms with Gasteiger partial charge in [-0.2, -0.15) is 0 Å². The molecule has 1 heterocycles. The Hall–Kier alpha value is -0.560. The van der Waals surface area contributed by atoms with Crippen LogP contribution in [0.1, 0.15) is 13.8 Å². The van der Waals surface area contributed by atoms with E-state index in [0.29, 0.717) is 18.6 Å². The lowest BCUT2D eigenvalue weighted by Crippen LogP contribution is -2.54. The Kier molecular flexibility index (Phi) is 5.10. The van der Waals surface area contributed by atoms with Gasteiger partial charge in [0.15, 0.2) is 0 Å². The van der Waals surface area contributed by atoms with Gasteiger partial charge in [0.1, 0.15) is 0 Å². The second kappa shape index (κ2) is 6.12. The predicted octanol–water partition coefficient (Wildman–Crippen LogP) is 0.234. The van der Waals surface area contributed by atoms with Gasteiger partial charge >= 0.3 is 0 Å². The van der Waals surface area contributed by atoms with Crippen molar-refractivity contribution in [2.45, 2.75) is 25.9 Å². The minimum atomic E-state index is 0.578. The van der Waals surface area contributed by atoms with Gasteiger partial charge in [-0.15, -0.1) is 6.42 Å². The van der Waals surface area contributed by atoms with E-state index in [0.717, 1.165) is 13.1 Å². The molecule has 0 aromatic carbocycles. The van der Waals surface area contributed by atoms with Crippen molar-refractivity contribution in [1.82, 2.24) is 15.1 Å². The monoisotopic (exact) mass is 209 g/mol. The molecule has 1 N–H and O–H groups in total. The summed E-state index contributed by atoms with van der Waals surface area (Å²) in [6.07, 6.45) is 5.20. The van der Waals surface area contributed by atoms with Crippen LogP contribution in [0.15, 0.2) is 0 Å². The average Bonchev–Trinajstić information content (AvgIpc) is 2.22. The van der Waals surface area contributed by atoms with Crippen molar-refractivity contribution >= 4 is 0 Å². The zero-order valence-corrected chi connectivity index (χ0v) is 10.2. The topological polar surface area (TPSA) is 18.5 Å². The van der Waals surface area contributed by atoms with Gasteiger partial charge in [0, 0.05) is 38.3 Å². The van der Waals surface area contributed by atoms with Gasteiger partial charge in [-0.25, -0.2) is 0 Å². The molecule has 1 rings (SSSR count). The van der Waals surface area contributed by atoms with E-state index in [1.165, 1.54) is 13.1 Å². The number of piperazine rings is 1. The molecule has 2 atom stereocenters. The van der Waals surface area contributed by atoms with Crippen molar-refractivity contribution in [2.24, 2.45) is 0 Å². The summed E-state index contributed by atoms with van der Waals surface area (Å²) < 4.78 is 0. The van der Waals surface area contributed by atoms with Gasteiger partial charge in [-0.3, -0.25) is 4.90 Å². The van der Waals surface area contributed by atoms with Crippen LogP contribution in [0.2, 0.25) is 0 Å². The number of hydrogen-bond acceptors (Lipinski definition) is 3. The lowest BCUT2D eigenvalue weighted by molar-refractivity contribution is 0.0777. The summed E-state index contributed by atoms with van der Waals surface area (Å²) in [6.45, 7) is 9.71. The van der Waals surface area contributed by atoms with Crippen LogP contribution >= 0.6 is 0 Å². The van der Waals surface area contributed by atoms with Crippen molar-refractivity contribution in [3.05, 3.63) is 0 Å². The first kappa shape index (κ1) is 12.5. The summed E-state index contributed by atoms with van der Waals surface area (Å²) >= 11 is 0. The Morgan fingerprint density at radius 2 is 2.27 bits per heavy atom. The van der Waals surface area contributed by atoms with Crippen LogP contribution in [0.5, 0.6) is 0 Å². The third-order valence-corrected chi connectivity index (χ3v) is 3.28. The van der Waals surface area contributed by atoms with Gasteiger partial charge in [-0.1, -0.05) is 5.92 Å². The van der Waals surface area contributed by atoms with E-state index in [-0.39, 0.29) is 0 Å². The molecule has 2 unspecified atom stereocenters. The summed E-state index contributed by atoms with van der Waals surface area (Å²) in [4.78, 5) is 4.95. The van der Waals surface area contributed by atoms with Gasteiger partial charge in [0.2, 0.25) is 0 Å². The largest absolute Gasteiger partial charge is 0.305 e. The van der Waals surface area contributed by atoms with E-state index in [1.54, 1.807) is 0 Å². The SMILES string of the molecule is C#CCNCC(C)N1CCN(C)C(C)C1. The van der Waals surface area contributed by atoms with Crippen LogP contribution in [0.4, 0.5) is 0 Å². The van der Waals surface area contributed by atoms with E-state index in [2.05, 4.69) is 41.9 Å². The first-order valence-electron chi connectivity index (χ1n) is 5.73. The maximum atomic E-state index is 5.20. The highest BCUT2D eigenvalue weighted by Gasteiger charge is 2.23. The Labute approximate surface area is 93.8 Å². The fourth-order valence-corrected chi connectivity index (χ4v) is 1.96. The summed E-state index contributed by atoms with van der Waals surface area (Å²) in [5, 5.41) is 3.27. The van der Waals surface area contributed by atoms with Crippen LogP contribution in [-0.2, 0) is 0 Å². The van der Waals surface area contributed by atoms with Crippen LogP contribution in [0, 0.1) is 12.3 Å². The molecule has 1 aliphatic heterocycles. The molecule has 3 heteroatoms. The van der Waals surface area contributed by atoms with Crippen molar-refractivity contribution < 1.29 is 0 Å². The van der Waals surface area contributed by atoms with Crippen molar-refractivity contribution in [3.63, 3.8) is 0 Å². The van der Waals surface area contributed by atoms with Gasteiger partial charge in [-0.05, 0) is 20.9 Å². The molecule has 15 heavy (non-hydrogen) atoms. The second-order valence-corrected chi connectivity index (χ2v) is 4.51. The molecule has 3 nitrogen and oxygen atoms in total. The molecule has 0 radical (unpaired) electrons. The molecule has 0 amide bonds. The first-order valence-corrected chi connectivity index (χ1v) is 5.73. The minimum Gasteiger partial charge on any atom is -0.305 e. The third-order valence-electron chi connectivity index (χ3n) is 3.28. The van der Waals surface area contributed by atoms with Crippen molar-refractivity contribution in [2.75, 3.05) is 39.8 Å². The zero-order chi connectivity index (χ0) is 11.3. The molecular weight excluding hydrogens is 186 g/mol. The molecule has 0 aromatic heterocycles. The van der Waals surface area contributed by atoms with Gasteiger partial charge in [0.05, 0.1) is 6.54 Å². The second-order valence-electron chi connectivity index (χ2n) is 4.51. The number of hydrogen-bond donors (Lipinski definition) is 1. The summed E-state index contributed by atoms with van der Waals surface area (Å²) in [6, 6.07) is 1.24. The molecule has 0 aromatic rings. The normalized spacial score (nSPS) is 26.1. The molecule has 86 valence electrons. The number of likely N-dealkylation sites (N-methyl/N-ethyl adjacent to an activating group) is 1. The number of nitrogens with one attached hydrogen (secondary N) is 1. The van der Waals surface area contributed by atoms with Crippen molar-refractivity contribution in [3.8, 4) is 12.3 Å². The first-order chi connectivity index (χ1) is 7.15. The average molecular weight is 209 g/mol. The van der Waals surface area contributed by atoms with Crippen LogP contribution in [0.25, 0.3) is 0 Å². The molecule has 0 bridgehead atoms. The molecular formula is C12H23N3. The lowest BCUT2D eigenvalue weighted by atomic mass is 10.1. The van der Waals surface area contributed by atoms with E-state index < -0.39 is 0 Å². The predicted molar refractivity (Wildman–Crippen MR) is 64.8 cm³/mol. The highest BCUT2D eigenvalue weighted by molar-refractivity contribution is 4.88. The zero-order valence-electron chi connectivity index (χ0n) is 10.2. The van der Waals surface area contributed by atoms with E-state index in [9.17, 15) is 0 Å². The lowest BCUT2D eigenvalue weighted by Gasteiger charge is -2.40. The van der Waals surface area contributed by atoms with Crippen LogP contribution < -0.4 is 5.32 Å². The van der Waals surface area contributed by atoms with Crippen molar-refractivity contribution in [1.29, 1.82) is 0 Å². The quantitative estimate of drug-likeness (QED) is 0.528. The number of rotatable bonds is 4. The Balaban J connectivity index is 2.28. The smallest absolute Gasteiger partial charge is 0.0574 e. The summed E-state index contributed by atoms with van der Waals surface area (Å²) in [5.41, 5.74) is 0. The summed E-state index contributed by atoms with van der Waals surface area (Å²) in [7, 11) is 2.20. The Morgan fingerprint density at radius 1 is 1.53 bits per heavy atom. The Morgan fingerprint density at radius 3 is 2.87 bits per heavy atom. The molecule has 0 saturated carbocycles. The van der Waals surface area contributed by atoms with Crippen LogP contribution in [0.3, 0.4) is 0 Å². The standard InChI is InChI=1S/C12H23N3/c1-5-6-13-9-11(2)15-8-7-14(4)12(3)10-15/h1,11-13H,6-10H2,2-4H3. The maximum Gasteiger partial charge on any atom is 0.0574 e. The fraction of sp³-hybridized carbons (Fsp3) is 0.833. The molecule has 1 aliphatic rings. The molecule has 1 saturated heterocycles. The van der Waals surface area contributed by atoms with Gasteiger partial charge in [0.25, 0.3) is 0 Å². The highest BCUT2D eigenvalue weighted by atomic mass is 15.3. The summed E-state index contributed by atoms with van der Waals surface area (Å²) in [5.74, 6) is 2.60. The number of terminal acetylenes is 1. The van der Waals surface area contributed by atoms with Gasteiger partial charge < -0.3 is 10.2 Å². The number of nitrogens with zero attached hydrogens (tertiary/aromatic N) is 2. The van der Waals surface area contributed by atoms with E-state index >= 15 is 0 Å². The van der Waals surface area contributed by atoms with E-state index in [4.69, 9.17) is 6.42 Å². The van der Waals surface area contributed by atoms with Crippen LogP contribution in [-0.4, -0.2) is 61.7 Å². The minimum absolute atomic E-state index is 0.578. The maximum absolute atomic E-state index is 5.20. The molecule has 0 spiro atoms.